The van der Waals surface area contributed by atoms with Crippen molar-refractivity contribution in [2.24, 2.45) is 5.92 Å². The molecule has 2 bridgehead atoms. The molecule has 0 aromatic heterocycles. The van der Waals surface area contributed by atoms with Crippen LogP contribution in [-0.2, 0) is 10.3 Å². The van der Waals surface area contributed by atoms with Crippen molar-refractivity contribution in [3.05, 3.63) is 34.3 Å². The lowest BCUT2D eigenvalue weighted by molar-refractivity contribution is -0.0342. The molecule has 22 heavy (non-hydrogen) atoms. The van der Waals surface area contributed by atoms with Crippen LogP contribution in [0.1, 0.15) is 31.2 Å². The summed E-state index contributed by atoms with van der Waals surface area (Å²) in [6.45, 7) is 3.23. The fourth-order valence-corrected chi connectivity index (χ4v) is 4.05. The summed E-state index contributed by atoms with van der Waals surface area (Å²) in [5.74, 6) is 0.554. The third-order valence-electron chi connectivity index (χ3n) is 5.34. The number of fused-ring (bicyclic) bond motifs is 3. The molecule has 1 saturated carbocycles. The summed E-state index contributed by atoms with van der Waals surface area (Å²) in [6.07, 6.45) is 4.13. The van der Waals surface area contributed by atoms with Gasteiger partial charge in [-0.2, -0.15) is 0 Å². The molecule has 118 valence electrons. The van der Waals surface area contributed by atoms with E-state index in [-0.39, 0.29) is 17.7 Å². The Bertz CT molecular complexity index is 563. The van der Waals surface area contributed by atoms with Gasteiger partial charge in [-0.15, -0.1) is 0 Å². The van der Waals surface area contributed by atoms with Crippen LogP contribution in [0.15, 0.2) is 28.7 Å². The van der Waals surface area contributed by atoms with Crippen molar-refractivity contribution in [1.29, 1.82) is 0 Å². The van der Waals surface area contributed by atoms with Crippen LogP contribution in [0.5, 0.6) is 0 Å². The zero-order valence-electron chi connectivity index (χ0n) is 12.6. The number of nitrogens with one attached hydrogen (secondary N) is 1. The van der Waals surface area contributed by atoms with Gasteiger partial charge >= 0.3 is 6.09 Å². The van der Waals surface area contributed by atoms with E-state index in [0.717, 1.165) is 49.8 Å². The summed E-state index contributed by atoms with van der Waals surface area (Å²) in [7, 11) is 0. The molecule has 1 N–H and O–H groups in total. The second-order valence-corrected chi connectivity index (χ2v) is 7.71. The van der Waals surface area contributed by atoms with Crippen LogP contribution >= 0.6 is 15.9 Å². The van der Waals surface area contributed by atoms with Gasteiger partial charge < -0.3 is 10.1 Å². The zero-order valence-corrected chi connectivity index (χ0v) is 14.1. The third kappa shape index (κ3) is 2.76. The maximum Gasteiger partial charge on any atom is 0.408 e. The Morgan fingerprint density at radius 2 is 1.91 bits per heavy atom. The summed E-state index contributed by atoms with van der Waals surface area (Å²) < 4.78 is 6.80. The van der Waals surface area contributed by atoms with E-state index in [1.165, 1.54) is 5.56 Å². The summed E-state index contributed by atoms with van der Waals surface area (Å²) in [5, 5.41) is 3.11. The van der Waals surface area contributed by atoms with E-state index in [9.17, 15) is 4.79 Å². The van der Waals surface area contributed by atoms with Gasteiger partial charge in [0.1, 0.15) is 6.10 Å². The molecule has 5 rings (SSSR count). The van der Waals surface area contributed by atoms with Gasteiger partial charge in [-0.1, -0.05) is 28.1 Å². The minimum atomic E-state index is -0.251. The highest BCUT2D eigenvalue weighted by atomic mass is 79.9. The van der Waals surface area contributed by atoms with E-state index in [1.807, 2.05) is 12.1 Å². The van der Waals surface area contributed by atoms with Gasteiger partial charge in [-0.25, -0.2) is 4.79 Å². The molecule has 1 amide bonds. The minimum Gasteiger partial charge on any atom is -0.445 e. The van der Waals surface area contributed by atoms with Gasteiger partial charge in [0.15, 0.2) is 0 Å². The van der Waals surface area contributed by atoms with Crippen LogP contribution in [0.4, 0.5) is 4.79 Å². The normalized spacial score (nSPS) is 31.6. The van der Waals surface area contributed by atoms with Crippen molar-refractivity contribution in [3.63, 3.8) is 0 Å². The number of ether oxygens (including phenoxy) is 1. The lowest BCUT2D eigenvalue weighted by Crippen LogP contribution is -2.53. The monoisotopic (exact) mass is 364 g/mol. The Morgan fingerprint density at radius 3 is 2.45 bits per heavy atom. The number of amides is 1. The first-order valence-corrected chi connectivity index (χ1v) is 8.91. The zero-order chi connectivity index (χ0) is 15.2. The number of benzene rings is 1. The predicted molar refractivity (Wildman–Crippen MR) is 87.6 cm³/mol. The predicted octanol–water partition coefficient (Wildman–Crippen LogP) is 3.26. The van der Waals surface area contributed by atoms with Crippen LogP contribution in [-0.4, -0.2) is 36.7 Å². The molecular formula is C17H21BrN2O2. The average Bonchev–Trinajstić information content (AvgIpc) is 3.29. The van der Waals surface area contributed by atoms with Gasteiger partial charge in [0.2, 0.25) is 0 Å². The average molecular weight is 365 g/mol. The molecule has 3 aliphatic heterocycles. The topological polar surface area (TPSA) is 41.6 Å². The number of carbonyl (C=O) groups is 1. The maximum absolute atomic E-state index is 12.3. The second-order valence-electron chi connectivity index (χ2n) is 6.80. The Hall–Kier alpha value is -1.07. The van der Waals surface area contributed by atoms with Gasteiger partial charge in [0.25, 0.3) is 0 Å². The van der Waals surface area contributed by atoms with E-state index in [1.54, 1.807) is 0 Å². The second kappa shape index (κ2) is 5.53. The number of piperidine rings is 3. The van der Waals surface area contributed by atoms with Crippen molar-refractivity contribution < 1.29 is 9.53 Å². The number of carbonyl (C=O) groups excluding carboxylic acids is 1. The SMILES string of the molecule is O=C(NC1(c2ccc(Br)cc2)CC1)OC1CN2CCC1CC2. The fourth-order valence-electron chi connectivity index (χ4n) is 3.79. The third-order valence-corrected chi connectivity index (χ3v) is 5.87. The van der Waals surface area contributed by atoms with Crippen molar-refractivity contribution >= 4 is 22.0 Å². The smallest absolute Gasteiger partial charge is 0.408 e. The largest absolute Gasteiger partial charge is 0.445 e. The molecule has 1 aliphatic carbocycles. The molecular weight excluding hydrogens is 344 g/mol. The minimum absolute atomic E-state index is 0.0724. The van der Waals surface area contributed by atoms with E-state index < -0.39 is 0 Å². The van der Waals surface area contributed by atoms with E-state index in [0.29, 0.717) is 5.92 Å². The van der Waals surface area contributed by atoms with Crippen molar-refractivity contribution in [3.8, 4) is 0 Å². The maximum atomic E-state index is 12.3. The molecule has 1 atom stereocenters. The Balaban J connectivity index is 1.39. The first kappa shape index (κ1) is 14.5. The number of halogens is 1. The van der Waals surface area contributed by atoms with Gasteiger partial charge in [-0.05, 0) is 62.4 Å². The van der Waals surface area contributed by atoms with Crippen LogP contribution in [0.2, 0.25) is 0 Å². The molecule has 0 spiro atoms. The molecule has 4 nitrogen and oxygen atoms in total. The number of hydrogen-bond acceptors (Lipinski definition) is 3. The quantitative estimate of drug-likeness (QED) is 0.894. The lowest BCUT2D eigenvalue weighted by Gasteiger charge is -2.44. The van der Waals surface area contributed by atoms with Crippen LogP contribution < -0.4 is 5.32 Å². The summed E-state index contributed by atoms with van der Waals surface area (Å²) in [5.41, 5.74) is 0.965. The summed E-state index contributed by atoms with van der Waals surface area (Å²) >= 11 is 3.45. The van der Waals surface area contributed by atoms with Gasteiger partial charge in [0.05, 0.1) is 5.54 Å². The Morgan fingerprint density at radius 1 is 1.23 bits per heavy atom. The molecule has 4 aliphatic rings. The number of hydrogen-bond donors (Lipinski definition) is 1. The summed E-state index contributed by atoms with van der Waals surface area (Å²) in [4.78, 5) is 14.7. The van der Waals surface area contributed by atoms with E-state index in [2.05, 4.69) is 38.3 Å². The van der Waals surface area contributed by atoms with Crippen molar-refractivity contribution in [2.45, 2.75) is 37.3 Å². The van der Waals surface area contributed by atoms with Gasteiger partial charge in [-0.3, -0.25) is 4.90 Å². The van der Waals surface area contributed by atoms with Crippen LogP contribution in [0, 0.1) is 5.92 Å². The molecule has 0 radical (unpaired) electrons. The van der Waals surface area contributed by atoms with E-state index >= 15 is 0 Å². The highest BCUT2D eigenvalue weighted by Crippen LogP contribution is 2.45. The molecule has 1 unspecified atom stereocenters. The fraction of sp³-hybridized carbons (Fsp3) is 0.588. The van der Waals surface area contributed by atoms with Crippen molar-refractivity contribution in [2.75, 3.05) is 19.6 Å². The summed E-state index contributed by atoms with van der Waals surface area (Å²) in [6, 6.07) is 8.20. The first-order chi connectivity index (χ1) is 10.6. The molecule has 4 fully saturated rings. The lowest BCUT2D eigenvalue weighted by atomic mass is 9.86. The van der Waals surface area contributed by atoms with Gasteiger partial charge in [0, 0.05) is 11.0 Å². The molecule has 1 aromatic carbocycles. The molecule has 3 heterocycles. The highest BCUT2D eigenvalue weighted by molar-refractivity contribution is 9.10. The van der Waals surface area contributed by atoms with Crippen LogP contribution in [0.25, 0.3) is 0 Å². The van der Waals surface area contributed by atoms with Crippen LogP contribution in [0.3, 0.4) is 0 Å². The molecule has 3 saturated heterocycles. The molecule has 5 heteroatoms. The highest BCUT2D eigenvalue weighted by Gasteiger charge is 2.47. The van der Waals surface area contributed by atoms with E-state index in [4.69, 9.17) is 4.74 Å². The Kier molecular flexibility index (Phi) is 3.65. The number of nitrogens with zero attached hydrogens (tertiary/aromatic N) is 1. The Labute approximate surface area is 139 Å². The molecule has 1 aromatic rings. The first-order valence-electron chi connectivity index (χ1n) is 8.12. The van der Waals surface area contributed by atoms with Crippen molar-refractivity contribution in [1.82, 2.24) is 10.2 Å². The number of rotatable bonds is 3. The standard InChI is InChI=1S/C17H21BrN2O2/c18-14-3-1-13(2-4-14)17(7-8-17)19-16(21)22-15-11-20-9-5-12(15)6-10-20/h1-4,12,15H,5-11H2,(H,19,21). The number of alkyl carbamates (subject to hydrolysis) is 1.